The zero-order valence-electron chi connectivity index (χ0n) is 14.7. The predicted molar refractivity (Wildman–Crippen MR) is 108 cm³/mol. The molecule has 27 heavy (non-hydrogen) atoms. The zero-order chi connectivity index (χ0) is 18.4. The van der Waals surface area contributed by atoms with E-state index in [1.165, 1.54) is 0 Å². The predicted octanol–water partition coefficient (Wildman–Crippen LogP) is 3.24. The summed E-state index contributed by atoms with van der Waals surface area (Å²) < 4.78 is 5.46. The lowest BCUT2D eigenvalue weighted by Gasteiger charge is -2.12. The summed E-state index contributed by atoms with van der Waals surface area (Å²) in [5.74, 6) is -0.243. The Hall–Kier alpha value is -2.77. The van der Waals surface area contributed by atoms with Gasteiger partial charge in [-0.25, -0.2) is 4.79 Å². The van der Waals surface area contributed by atoms with Gasteiger partial charge in [-0.05, 0) is 55.3 Å². The molecule has 1 saturated heterocycles. The molecule has 1 unspecified atom stereocenters. The number of nitrogen functional groups attached to an aromatic ring is 1. The molecule has 1 atom stereocenters. The first kappa shape index (κ1) is 20.5. The van der Waals surface area contributed by atoms with Crippen LogP contribution in [-0.4, -0.2) is 31.2 Å². The monoisotopic (exact) mass is 390 g/mol. The van der Waals surface area contributed by atoms with E-state index in [9.17, 15) is 9.59 Å². The van der Waals surface area contributed by atoms with Gasteiger partial charge in [-0.1, -0.05) is 6.07 Å². The minimum atomic E-state index is -0.281. The van der Waals surface area contributed by atoms with Crippen LogP contribution in [0.25, 0.3) is 0 Å². The zero-order valence-corrected chi connectivity index (χ0v) is 15.6. The van der Waals surface area contributed by atoms with Crippen LogP contribution in [0.5, 0.6) is 0 Å². The Morgan fingerprint density at radius 2 is 1.78 bits per heavy atom. The van der Waals surface area contributed by atoms with Crippen LogP contribution in [0, 0.1) is 0 Å². The first-order valence-electron chi connectivity index (χ1n) is 8.53. The number of rotatable bonds is 5. The van der Waals surface area contributed by atoms with Crippen molar-refractivity contribution < 1.29 is 14.3 Å². The minimum absolute atomic E-state index is 0. The highest BCUT2D eigenvalue weighted by Gasteiger charge is 2.16. The summed E-state index contributed by atoms with van der Waals surface area (Å²) >= 11 is 0. The van der Waals surface area contributed by atoms with Gasteiger partial charge >= 0.3 is 6.03 Å². The number of halogens is 1. The maximum atomic E-state index is 12.2. The van der Waals surface area contributed by atoms with Gasteiger partial charge in [-0.15, -0.1) is 12.4 Å². The molecule has 0 radical (unpaired) electrons. The van der Waals surface area contributed by atoms with Gasteiger partial charge in [0.05, 0.1) is 6.10 Å². The van der Waals surface area contributed by atoms with Gasteiger partial charge in [0.2, 0.25) is 0 Å². The number of hydrogen-bond donors (Lipinski definition) is 4. The second-order valence-corrected chi connectivity index (χ2v) is 6.13. The molecule has 0 aliphatic carbocycles. The summed E-state index contributed by atoms with van der Waals surface area (Å²) in [5.41, 5.74) is 7.97. The van der Waals surface area contributed by atoms with Crippen LogP contribution in [-0.2, 0) is 4.74 Å². The summed E-state index contributed by atoms with van der Waals surface area (Å²) in [6, 6.07) is 13.4. The van der Waals surface area contributed by atoms with E-state index in [2.05, 4.69) is 16.0 Å². The molecule has 1 aliphatic rings. The Labute approximate surface area is 164 Å². The molecule has 3 amide bonds. The topological polar surface area (TPSA) is 105 Å². The van der Waals surface area contributed by atoms with Crippen LogP contribution in [0.3, 0.4) is 0 Å². The Morgan fingerprint density at radius 3 is 2.41 bits per heavy atom. The Balaban J connectivity index is 0.00000261. The van der Waals surface area contributed by atoms with E-state index in [1.807, 2.05) is 0 Å². The second kappa shape index (κ2) is 9.80. The average molecular weight is 391 g/mol. The summed E-state index contributed by atoms with van der Waals surface area (Å²) in [6.07, 6.45) is 2.11. The summed E-state index contributed by atoms with van der Waals surface area (Å²) in [5, 5.41) is 8.33. The fourth-order valence-electron chi connectivity index (χ4n) is 2.71. The lowest BCUT2D eigenvalue weighted by atomic mass is 10.2. The summed E-state index contributed by atoms with van der Waals surface area (Å²) in [6.45, 7) is 1.26. The summed E-state index contributed by atoms with van der Waals surface area (Å²) in [7, 11) is 0. The Kier molecular flexibility index (Phi) is 7.45. The molecule has 1 fully saturated rings. The van der Waals surface area contributed by atoms with E-state index >= 15 is 0 Å². The molecule has 0 aromatic heterocycles. The maximum Gasteiger partial charge on any atom is 0.319 e. The van der Waals surface area contributed by atoms with Crippen LogP contribution in [0.1, 0.15) is 23.2 Å². The van der Waals surface area contributed by atoms with Crippen molar-refractivity contribution in [2.75, 3.05) is 29.5 Å². The number of carbonyl (C=O) groups excluding carboxylic acids is 2. The number of hydrogen-bond acceptors (Lipinski definition) is 4. The number of anilines is 3. The Morgan fingerprint density at radius 1 is 1.07 bits per heavy atom. The van der Waals surface area contributed by atoms with Crippen molar-refractivity contribution in [3.8, 4) is 0 Å². The minimum Gasteiger partial charge on any atom is -0.399 e. The second-order valence-electron chi connectivity index (χ2n) is 6.13. The molecule has 8 heteroatoms. The first-order chi connectivity index (χ1) is 12.6. The van der Waals surface area contributed by atoms with E-state index < -0.39 is 0 Å². The molecule has 0 spiro atoms. The van der Waals surface area contributed by atoms with Crippen LogP contribution in [0.15, 0.2) is 48.5 Å². The standard InChI is InChI=1S/C19H22N4O3.ClH/c20-14-4-1-3-13(11-14)18(24)22-15-6-8-16(9-7-15)23-19(25)21-12-17-5-2-10-26-17;/h1,3-4,6-9,11,17H,2,5,10,12,20H2,(H,22,24)(H2,21,23,25);1H. The van der Waals surface area contributed by atoms with Crippen LogP contribution < -0.4 is 21.7 Å². The number of urea groups is 1. The normalized spacial score (nSPS) is 15.5. The van der Waals surface area contributed by atoms with Crippen molar-refractivity contribution in [1.29, 1.82) is 0 Å². The van der Waals surface area contributed by atoms with Crippen LogP contribution in [0.2, 0.25) is 0 Å². The highest BCUT2D eigenvalue weighted by Crippen LogP contribution is 2.16. The van der Waals surface area contributed by atoms with E-state index in [1.54, 1.807) is 48.5 Å². The van der Waals surface area contributed by atoms with Crippen molar-refractivity contribution >= 4 is 41.4 Å². The largest absolute Gasteiger partial charge is 0.399 e. The van der Waals surface area contributed by atoms with E-state index in [0.29, 0.717) is 29.2 Å². The van der Waals surface area contributed by atoms with Gasteiger partial charge in [-0.2, -0.15) is 0 Å². The van der Waals surface area contributed by atoms with E-state index in [4.69, 9.17) is 10.5 Å². The number of carbonyl (C=O) groups is 2. The number of amides is 3. The molecule has 2 aromatic carbocycles. The fourth-order valence-corrected chi connectivity index (χ4v) is 2.71. The Bertz CT molecular complexity index is 777. The third-order valence-electron chi connectivity index (χ3n) is 4.06. The van der Waals surface area contributed by atoms with Crippen molar-refractivity contribution in [2.45, 2.75) is 18.9 Å². The molecule has 1 aliphatic heterocycles. The summed E-state index contributed by atoms with van der Waals surface area (Å²) in [4.78, 5) is 24.1. The lowest BCUT2D eigenvalue weighted by molar-refractivity contribution is 0.102. The molecule has 0 saturated carbocycles. The molecule has 144 valence electrons. The lowest BCUT2D eigenvalue weighted by Crippen LogP contribution is -2.35. The third-order valence-corrected chi connectivity index (χ3v) is 4.06. The number of ether oxygens (including phenoxy) is 1. The van der Waals surface area contributed by atoms with Crippen molar-refractivity contribution in [3.05, 3.63) is 54.1 Å². The molecule has 1 heterocycles. The van der Waals surface area contributed by atoms with E-state index in [-0.39, 0.29) is 30.4 Å². The highest BCUT2D eigenvalue weighted by atomic mass is 35.5. The molecular formula is C19H23ClN4O3. The van der Waals surface area contributed by atoms with Gasteiger partial charge in [0.25, 0.3) is 5.91 Å². The first-order valence-corrected chi connectivity index (χ1v) is 8.53. The molecule has 0 bridgehead atoms. The molecule has 2 aromatic rings. The smallest absolute Gasteiger partial charge is 0.319 e. The van der Waals surface area contributed by atoms with Gasteiger partial charge in [0.1, 0.15) is 0 Å². The van der Waals surface area contributed by atoms with Crippen molar-refractivity contribution in [2.24, 2.45) is 0 Å². The van der Waals surface area contributed by atoms with E-state index in [0.717, 1.165) is 19.4 Å². The molecule has 5 N–H and O–H groups in total. The average Bonchev–Trinajstić information content (AvgIpc) is 3.15. The highest BCUT2D eigenvalue weighted by molar-refractivity contribution is 6.04. The van der Waals surface area contributed by atoms with Crippen LogP contribution >= 0.6 is 12.4 Å². The number of benzene rings is 2. The SMILES string of the molecule is Cl.Nc1cccc(C(=O)Nc2ccc(NC(=O)NCC3CCCO3)cc2)c1. The van der Waals surface area contributed by atoms with Gasteiger partial charge < -0.3 is 26.4 Å². The molecule has 7 nitrogen and oxygen atoms in total. The number of nitrogens with two attached hydrogens (primary N) is 1. The number of nitrogens with one attached hydrogen (secondary N) is 3. The molecule has 3 rings (SSSR count). The quantitative estimate of drug-likeness (QED) is 0.588. The van der Waals surface area contributed by atoms with Gasteiger partial charge in [-0.3, -0.25) is 4.79 Å². The maximum absolute atomic E-state index is 12.2. The van der Waals surface area contributed by atoms with Crippen LogP contribution in [0.4, 0.5) is 21.9 Å². The van der Waals surface area contributed by atoms with Gasteiger partial charge in [0, 0.05) is 35.8 Å². The van der Waals surface area contributed by atoms with Gasteiger partial charge in [0.15, 0.2) is 0 Å². The third kappa shape index (κ3) is 6.16. The van der Waals surface area contributed by atoms with Crippen molar-refractivity contribution in [3.63, 3.8) is 0 Å². The van der Waals surface area contributed by atoms with Crippen molar-refractivity contribution in [1.82, 2.24) is 5.32 Å². The molecular weight excluding hydrogens is 368 g/mol. The fraction of sp³-hybridized carbons (Fsp3) is 0.263.